The minimum absolute atomic E-state index is 0.0234. The predicted molar refractivity (Wildman–Crippen MR) is 328 cm³/mol. The monoisotopic (exact) mass is 1180 g/mol. The van der Waals surface area contributed by atoms with Gasteiger partial charge in [-0.1, -0.05) is 130 Å². The van der Waals surface area contributed by atoms with E-state index in [-0.39, 0.29) is 19.3 Å². The first-order valence-electron chi connectivity index (χ1n) is 34.1. The fourth-order valence-electron chi connectivity index (χ4n) is 10.7. The Morgan fingerprint density at radius 1 is 0.418 bits per heavy atom. The average molecular weight is 1180 g/mol. The minimum atomic E-state index is -6.44. The van der Waals surface area contributed by atoms with Crippen molar-refractivity contribution in [1.29, 1.82) is 0 Å². The number of carbonyl (C=O) groups excluding carboxylic acids is 3. The van der Waals surface area contributed by atoms with Crippen LogP contribution >= 0.6 is 0 Å². The molecule has 1 atom stereocenters. The Kier molecular flexibility index (Phi) is 54.4. The number of rotatable bonds is 61. The summed E-state index contributed by atoms with van der Waals surface area (Å²) in [5, 5.41) is 0. The summed E-state index contributed by atoms with van der Waals surface area (Å²) in [5.41, 5.74) is 0. The first-order chi connectivity index (χ1) is 38.4. The SMILES string of the molecule is CCCCCCCCCCCCCCCCCC(=O)[O][Ti](=[O])([O]C(=O)CCCCCCCCCCCCCCCCC)([C](=O)CCCCCCCCCCCCCCCCC)[CH](C)C.CO[Si](CCCOCC1CO1)(OC)OC. The third-order valence-corrected chi connectivity index (χ3v) is 26.3. The van der Waals surface area contributed by atoms with E-state index in [1.54, 1.807) is 35.2 Å². The maximum Gasteiger partial charge on any atom is 0.500 e. The molecular weight excluding hydrogens is 1040 g/mol. The molecule has 0 radical (unpaired) electrons. The van der Waals surface area contributed by atoms with Crippen LogP contribution in [0.15, 0.2) is 0 Å². The molecule has 0 aromatic heterocycles. The Hall–Kier alpha value is -0.859. The molecule has 1 unspecified atom stereocenters. The molecule has 0 aromatic rings. The van der Waals surface area contributed by atoms with Crippen LogP contribution in [0.4, 0.5) is 0 Å². The van der Waals surface area contributed by atoms with Gasteiger partial charge < -0.3 is 22.8 Å². The van der Waals surface area contributed by atoms with Gasteiger partial charge >= 0.3 is 282 Å². The van der Waals surface area contributed by atoms with Crippen molar-refractivity contribution >= 4 is 24.8 Å². The van der Waals surface area contributed by atoms with Crippen molar-refractivity contribution in [3.05, 3.63) is 0 Å². The second-order valence-electron chi connectivity index (χ2n) is 24.1. The van der Waals surface area contributed by atoms with Crippen molar-refractivity contribution in [2.45, 2.75) is 366 Å². The smallest absolute Gasteiger partial charge is 0.379 e. The first kappa shape index (κ1) is 78.1. The number of unbranched alkanes of at least 4 members (excludes halogenated alkanes) is 42. The molecule has 1 rings (SSSR count). The van der Waals surface area contributed by atoms with E-state index in [1.807, 2.05) is 0 Å². The van der Waals surface area contributed by atoms with E-state index >= 15 is 3.32 Å². The maximum absolute atomic E-state index is 15.2. The van der Waals surface area contributed by atoms with Crippen molar-refractivity contribution in [3.63, 3.8) is 0 Å². The minimum Gasteiger partial charge on any atom is -0.379 e. The summed E-state index contributed by atoms with van der Waals surface area (Å²) in [7, 11) is 2.48. The van der Waals surface area contributed by atoms with Gasteiger partial charge in [0.15, 0.2) is 0 Å². The van der Waals surface area contributed by atoms with E-state index in [1.165, 1.54) is 212 Å². The summed E-state index contributed by atoms with van der Waals surface area (Å²) in [6.07, 6.45) is 56.4. The zero-order valence-corrected chi connectivity index (χ0v) is 56.2. The largest absolute Gasteiger partial charge is 0.500 e. The third kappa shape index (κ3) is 44.3. The molecule has 470 valence electrons. The fourth-order valence-corrected chi connectivity index (χ4v) is 17.2. The van der Waals surface area contributed by atoms with Crippen molar-refractivity contribution in [1.82, 2.24) is 0 Å². The maximum atomic E-state index is 15.2. The normalized spacial score (nSPS) is 13.7. The van der Waals surface area contributed by atoms with Gasteiger partial charge in [-0.15, -0.1) is 0 Å². The molecule has 0 spiro atoms. The molecule has 0 aliphatic carbocycles. The van der Waals surface area contributed by atoms with E-state index in [4.69, 9.17) is 29.4 Å². The van der Waals surface area contributed by atoms with Gasteiger partial charge in [0, 0.05) is 34.0 Å². The topological polar surface area (TPSA) is 136 Å². The molecule has 1 aliphatic rings. The summed E-state index contributed by atoms with van der Waals surface area (Å²) in [6.45, 7) is 12.3. The fraction of sp³-hybridized carbons (Fsp3) is 0.955. The Morgan fingerprint density at radius 3 is 0.911 bits per heavy atom. The van der Waals surface area contributed by atoms with Gasteiger partial charge in [-0.25, -0.2) is 0 Å². The molecule has 1 saturated heterocycles. The zero-order chi connectivity index (χ0) is 58.3. The van der Waals surface area contributed by atoms with E-state index < -0.39 is 45.1 Å². The Labute approximate surface area is 492 Å². The van der Waals surface area contributed by atoms with Crippen molar-refractivity contribution in [3.8, 4) is 0 Å². The van der Waals surface area contributed by atoms with Crippen LogP contribution in [0.25, 0.3) is 0 Å². The Morgan fingerprint density at radius 2 is 0.671 bits per heavy atom. The van der Waals surface area contributed by atoms with Gasteiger partial charge in [-0.2, -0.15) is 0 Å². The first-order valence-corrected chi connectivity index (χ1v) is 39.6. The van der Waals surface area contributed by atoms with E-state index in [9.17, 15) is 14.4 Å². The van der Waals surface area contributed by atoms with E-state index in [0.717, 1.165) is 76.9 Å². The average Bonchev–Trinajstić information content (AvgIpc) is 4.38. The van der Waals surface area contributed by atoms with Gasteiger partial charge in [0.05, 0.1) is 13.2 Å². The van der Waals surface area contributed by atoms with Crippen molar-refractivity contribution in [2.75, 3.05) is 41.2 Å². The second-order valence-corrected chi connectivity index (χ2v) is 33.8. The van der Waals surface area contributed by atoms with E-state index in [2.05, 4.69) is 20.8 Å². The standard InChI is InChI=1S/2C18H36O2.C18H35O.C9H20O5Si.C3H7.O.Ti/c2*1-2-3-4-5-6-7-8-9-10-11-12-13-14-15-16-17-18(19)20;1-2-3-4-5-6-7-8-9-10-11-12-13-14-15-16-17-18-19;1-10-15(11-2,12-3)6-4-5-13-7-9-8-14-9;1-3-2;;/h2*2-17H2,1H3,(H,19,20);2-17H2,1H3;9H,4-8H2,1-3H3;3H,1-2H3;;/q;;;;;;+2/p-2. The number of hydrogen-bond acceptors (Lipinski definition) is 11. The number of carbonyl (C=O) groups is 3. The van der Waals surface area contributed by atoms with Crippen LogP contribution in [-0.4, -0.2) is 72.1 Å². The molecule has 1 fully saturated rings. The molecular formula is C66H132O11SiTi. The van der Waals surface area contributed by atoms with Gasteiger partial charge in [0.25, 0.3) is 0 Å². The molecule has 11 nitrogen and oxygen atoms in total. The van der Waals surface area contributed by atoms with Crippen LogP contribution in [0.3, 0.4) is 0 Å². The molecule has 0 amide bonds. The molecule has 0 bridgehead atoms. The molecule has 0 aromatic carbocycles. The van der Waals surface area contributed by atoms with Gasteiger partial charge in [0.1, 0.15) is 6.10 Å². The number of epoxide rings is 1. The van der Waals surface area contributed by atoms with Gasteiger partial charge in [-0.05, 0) is 6.42 Å². The van der Waals surface area contributed by atoms with Crippen LogP contribution in [0.2, 0.25) is 10.3 Å². The number of hydrogen-bond donors (Lipinski definition) is 0. The molecule has 0 N–H and O–H groups in total. The van der Waals surface area contributed by atoms with Crippen molar-refractivity contribution in [2.24, 2.45) is 0 Å². The van der Waals surface area contributed by atoms with Crippen LogP contribution < -0.4 is 0 Å². The summed E-state index contributed by atoms with van der Waals surface area (Å²) >= 11 is -6.44. The van der Waals surface area contributed by atoms with Crippen LogP contribution in [-0.2, 0) is 63.1 Å². The van der Waals surface area contributed by atoms with Crippen LogP contribution in [0.5, 0.6) is 0 Å². The summed E-state index contributed by atoms with van der Waals surface area (Å²) in [5.74, 6) is -1.31. The zero-order valence-electron chi connectivity index (χ0n) is 53.6. The molecule has 79 heavy (non-hydrogen) atoms. The van der Waals surface area contributed by atoms with Crippen molar-refractivity contribution < 1.29 is 63.1 Å². The summed E-state index contributed by atoms with van der Waals surface area (Å²) < 4.78 is 51.7. The molecule has 1 aliphatic heterocycles. The number of ether oxygens (including phenoxy) is 2. The molecule has 13 heteroatoms. The Bertz CT molecular complexity index is 1380. The quantitative estimate of drug-likeness (QED) is 0.0327. The predicted octanol–water partition coefficient (Wildman–Crippen LogP) is 20.7. The van der Waals surface area contributed by atoms with Gasteiger partial charge in [0.2, 0.25) is 0 Å². The van der Waals surface area contributed by atoms with Gasteiger partial charge in [-0.3, -0.25) is 0 Å². The van der Waals surface area contributed by atoms with E-state index in [0.29, 0.717) is 38.6 Å². The molecule has 1 heterocycles. The summed E-state index contributed by atoms with van der Waals surface area (Å²) in [6, 6.07) is 0.780. The third-order valence-electron chi connectivity index (χ3n) is 16.5. The Balaban J connectivity index is 0.00000346. The van der Waals surface area contributed by atoms with Crippen LogP contribution in [0, 0.1) is 0 Å². The summed E-state index contributed by atoms with van der Waals surface area (Å²) in [4.78, 5) is 40.9. The van der Waals surface area contributed by atoms with Crippen LogP contribution in [0.1, 0.15) is 349 Å². The second kappa shape index (κ2) is 55.0. The molecule has 0 saturated carbocycles.